The van der Waals surface area contributed by atoms with Gasteiger partial charge in [-0.2, -0.15) is 4.98 Å². The first-order valence-electron chi connectivity index (χ1n) is 9.03. The molecule has 0 unspecified atom stereocenters. The minimum absolute atomic E-state index is 0.00112. The van der Waals surface area contributed by atoms with Crippen molar-refractivity contribution >= 4 is 17.0 Å². The fraction of sp³-hybridized carbons (Fsp3) is 0.500. The summed E-state index contributed by atoms with van der Waals surface area (Å²) in [4.78, 5) is 23.9. The molecular weight excluding hydrogens is 334 g/mol. The second-order valence-electron chi connectivity index (χ2n) is 7.20. The molecule has 2 aliphatic rings. The molecule has 1 saturated heterocycles. The number of amides is 1. The van der Waals surface area contributed by atoms with Crippen LogP contribution in [-0.2, 0) is 0 Å². The fourth-order valence-electron chi connectivity index (χ4n) is 3.77. The van der Waals surface area contributed by atoms with Crippen molar-refractivity contribution in [1.29, 1.82) is 0 Å². The van der Waals surface area contributed by atoms with Crippen LogP contribution in [0.2, 0.25) is 0 Å². The van der Waals surface area contributed by atoms with Crippen LogP contribution in [0.15, 0.2) is 21.5 Å². The van der Waals surface area contributed by atoms with Crippen molar-refractivity contribution in [3.63, 3.8) is 0 Å². The summed E-state index contributed by atoms with van der Waals surface area (Å²) in [6.45, 7) is 3.16. The predicted molar refractivity (Wildman–Crippen MR) is 90.7 cm³/mol. The lowest BCUT2D eigenvalue weighted by Gasteiger charge is -2.31. The minimum Gasteiger partial charge on any atom is -0.343 e. The molecule has 0 spiro atoms. The van der Waals surface area contributed by atoms with Gasteiger partial charge in [-0.05, 0) is 38.7 Å². The van der Waals surface area contributed by atoms with Gasteiger partial charge in [0.25, 0.3) is 11.6 Å². The van der Waals surface area contributed by atoms with E-state index in [2.05, 4.69) is 20.3 Å². The molecule has 134 valence electrons. The quantitative estimate of drug-likeness (QED) is 0.714. The van der Waals surface area contributed by atoms with E-state index in [1.165, 1.54) is 6.39 Å². The van der Waals surface area contributed by atoms with Gasteiger partial charge in [0.05, 0.1) is 16.6 Å². The molecule has 0 aromatic carbocycles. The highest BCUT2D eigenvalue weighted by Crippen LogP contribution is 2.40. The van der Waals surface area contributed by atoms with Crippen LogP contribution in [0.3, 0.4) is 0 Å². The molecule has 5 rings (SSSR count). The van der Waals surface area contributed by atoms with Gasteiger partial charge in [0.1, 0.15) is 0 Å². The molecule has 1 saturated carbocycles. The Labute approximate surface area is 149 Å². The summed E-state index contributed by atoms with van der Waals surface area (Å²) in [5.74, 6) is 1.21. The summed E-state index contributed by atoms with van der Waals surface area (Å²) < 4.78 is 10.2. The lowest BCUT2D eigenvalue weighted by Crippen LogP contribution is -2.39. The van der Waals surface area contributed by atoms with Crippen molar-refractivity contribution in [1.82, 2.24) is 25.2 Å². The molecule has 8 heteroatoms. The molecule has 1 aliphatic heterocycles. The second-order valence-corrected chi connectivity index (χ2v) is 7.20. The largest absolute Gasteiger partial charge is 0.343 e. The van der Waals surface area contributed by atoms with Crippen molar-refractivity contribution in [2.45, 2.75) is 44.4 Å². The standard InChI is InChI=1S/C18H19N5O3/c1-10-15-13(7-14(11-4-5-11)20-17(15)26-21-10)18(24)23-6-2-3-12(8-23)16-19-9-25-22-16/h7,9,11-12H,2-6,8H2,1H3/t12-/m1/s1. The van der Waals surface area contributed by atoms with Gasteiger partial charge in [0, 0.05) is 30.6 Å². The van der Waals surface area contributed by atoms with E-state index >= 15 is 0 Å². The minimum atomic E-state index is -0.00112. The third kappa shape index (κ3) is 2.56. The number of aryl methyl sites for hydroxylation is 1. The van der Waals surface area contributed by atoms with Crippen molar-refractivity contribution in [2.75, 3.05) is 13.1 Å². The number of hydrogen-bond donors (Lipinski definition) is 0. The SMILES string of the molecule is Cc1noc2nc(C3CC3)cc(C(=O)N3CCC[C@@H](c4ncon4)C3)c12. The van der Waals surface area contributed by atoms with Crippen LogP contribution in [0.25, 0.3) is 11.1 Å². The molecule has 8 nitrogen and oxygen atoms in total. The van der Waals surface area contributed by atoms with Gasteiger partial charge in [-0.1, -0.05) is 10.3 Å². The highest BCUT2D eigenvalue weighted by molar-refractivity contribution is 6.06. The van der Waals surface area contributed by atoms with Crippen LogP contribution in [0.1, 0.15) is 65.1 Å². The summed E-state index contributed by atoms with van der Waals surface area (Å²) in [5.41, 5.74) is 2.74. The molecular formula is C18H19N5O3. The number of likely N-dealkylation sites (tertiary alicyclic amines) is 1. The van der Waals surface area contributed by atoms with Crippen molar-refractivity contribution in [3.8, 4) is 0 Å². The van der Waals surface area contributed by atoms with E-state index in [0.29, 0.717) is 35.3 Å². The number of pyridine rings is 1. The smallest absolute Gasteiger partial charge is 0.259 e. The van der Waals surface area contributed by atoms with E-state index in [1.54, 1.807) is 0 Å². The number of piperidine rings is 1. The molecule has 3 aromatic heterocycles. The first-order valence-corrected chi connectivity index (χ1v) is 9.03. The second kappa shape index (κ2) is 5.89. The zero-order valence-electron chi connectivity index (χ0n) is 14.5. The van der Waals surface area contributed by atoms with Gasteiger partial charge in [-0.25, -0.2) is 4.98 Å². The lowest BCUT2D eigenvalue weighted by atomic mass is 9.96. The lowest BCUT2D eigenvalue weighted by molar-refractivity contribution is 0.0705. The van der Waals surface area contributed by atoms with Crippen LogP contribution in [0.5, 0.6) is 0 Å². The summed E-state index contributed by atoms with van der Waals surface area (Å²) in [6, 6.07) is 1.94. The Morgan fingerprint density at radius 3 is 2.88 bits per heavy atom. The number of carbonyl (C=O) groups excluding carboxylic acids is 1. The van der Waals surface area contributed by atoms with Crippen LogP contribution in [0, 0.1) is 6.92 Å². The molecule has 26 heavy (non-hydrogen) atoms. The third-order valence-corrected chi connectivity index (χ3v) is 5.32. The van der Waals surface area contributed by atoms with E-state index in [4.69, 9.17) is 9.05 Å². The van der Waals surface area contributed by atoms with E-state index in [0.717, 1.165) is 43.3 Å². The van der Waals surface area contributed by atoms with Crippen LogP contribution in [-0.4, -0.2) is 44.2 Å². The molecule has 3 aromatic rings. The maximum absolute atomic E-state index is 13.3. The first kappa shape index (κ1) is 15.5. The van der Waals surface area contributed by atoms with Crippen molar-refractivity contribution in [2.24, 2.45) is 0 Å². The topological polar surface area (TPSA) is 98.2 Å². The van der Waals surface area contributed by atoms with Crippen LogP contribution in [0.4, 0.5) is 0 Å². The summed E-state index contributed by atoms with van der Waals surface area (Å²) >= 11 is 0. The molecule has 0 bridgehead atoms. The van der Waals surface area contributed by atoms with Crippen molar-refractivity contribution in [3.05, 3.63) is 35.2 Å². The highest BCUT2D eigenvalue weighted by atomic mass is 16.5. The number of aromatic nitrogens is 4. The maximum atomic E-state index is 13.3. The predicted octanol–water partition coefficient (Wildman–Crippen LogP) is 2.81. The van der Waals surface area contributed by atoms with Crippen LogP contribution < -0.4 is 0 Å². The Hall–Kier alpha value is -2.77. The summed E-state index contributed by atoms with van der Waals surface area (Å²) in [6.07, 6.45) is 5.43. The Morgan fingerprint density at radius 2 is 2.12 bits per heavy atom. The van der Waals surface area contributed by atoms with E-state index in [9.17, 15) is 4.79 Å². The molecule has 4 heterocycles. The molecule has 1 aliphatic carbocycles. The average Bonchev–Trinajstić information content (AvgIpc) is 3.25. The van der Waals surface area contributed by atoms with Gasteiger partial charge in [0.15, 0.2) is 5.82 Å². The number of fused-ring (bicyclic) bond motifs is 1. The van der Waals surface area contributed by atoms with Crippen LogP contribution >= 0.6 is 0 Å². The maximum Gasteiger partial charge on any atom is 0.259 e. The molecule has 1 atom stereocenters. The molecule has 0 N–H and O–H groups in total. The van der Waals surface area contributed by atoms with Gasteiger partial charge < -0.3 is 13.9 Å². The molecule has 2 fully saturated rings. The Morgan fingerprint density at radius 1 is 1.23 bits per heavy atom. The molecule has 1 amide bonds. The Kier molecular flexibility index (Phi) is 3.51. The van der Waals surface area contributed by atoms with Gasteiger partial charge >= 0.3 is 0 Å². The number of carbonyl (C=O) groups is 1. The van der Waals surface area contributed by atoms with Gasteiger partial charge in [-0.3, -0.25) is 4.79 Å². The number of rotatable bonds is 3. The number of hydrogen-bond acceptors (Lipinski definition) is 7. The van der Waals surface area contributed by atoms with E-state index in [-0.39, 0.29) is 11.8 Å². The average molecular weight is 353 g/mol. The zero-order valence-corrected chi connectivity index (χ0v) is 14.5. The molecule has 0 radical (unpaired) electrons. The third-order valence-electron chi connectivity index (χ3n) is 5.32. The first-order chi connectivity index (χ1) is 12.7. The van der Waals surface area contributed by atoms with Gasteiger partial charge in [-0.15, -0.1) is 0 Å². The van der Waals surface area contributed by atoms with Crippen molar-refractivity contribution < 1.29 is 13.8 Å². The number of nitrogens with zero attached hydrogens (tertiary/aromatic N) is 5. The fourth-order valence-corrected chi connectivity index (χ4v) is 3.77. The monoisotopic (exact) mass is 353 g/mol. The normalized spacial score (nSPS) is 20.7. The van der Waals surface area contributed by atoms with Gasteiger partial charge in [0.2, 0.25) is 6.39 Å². The Balaban J connectivity index is 1.50. The Bertz CT molecular complexity index is 961. The highest BCUT2D eigenvalue weighted by Gasteiger charge is 2.32. The summed E-state index contributed by atoms with van der Waals surface area (Å²) in [5, 5.41) is 8.69. The van der Waals surface area contributed by atoms with E-state index in [1.807, 2.05) is 17.9 Å². The van der Waals surface area contributed by atoms with E-state index < -0.39 is 0 Å². The summed E-state index contributed by atoms with van der Waals surface area (Å²) in [7, 11) is 0. The zero-order chi connectivity index (χ0) is 17.7.